The lowest BCUT2D eigenvalue weighted by molar-refractivity contribution is -0.870. The van der Waals surface area contributed by atoms with Crippen molar-refractivity contribution in [2.75, 3.05) is 47.5 Å². The van der Waals surface area contributed by atoms with E-state index in [0.717, 1.165) is 64.2 Å². The van der Waals surface area contributed by atoms with Crippen molar-refractivity contribution in [1.82, 2.24) is 0 Å². The molecule has 1 unspecified atom stereocenters. The molecule has 9 nitrogen and oxygen atoms in total. The van der Waals surface area contributed by atoms with Crippen LogP contribution in [0, 0.1) is 0 Å². The molecule has 0 rings (SSSR count). The van der Waals surface area contributed by atoms with Gasteiger partial charge >= 0.3 is 11.9 Å². The summed E-state index contributed by atoms with van der Waals surface area (Å²) in [4.78, 5) is 37.5. The van der Waals surface area contributed by atoms with Crippen LogP contribution >= 0.6 is 7.82 Å². The van der Waals surface area contributed by atoms with Gasteiger partial charge in [-0.05, 0) is 70.6 Å². The second-order valence-electron chi connectivity index (χ2n) is 16.4. The third-order valence-electron chi connectivity index (χ3n) is 9.63. The van der Waals surface area contributed by atoms with E-state index >= 15 is 0 Å². The molecule has 0 aliphatic rings. The Balaban J connectivity index is 4.35. The minimum Gasteiger partial charge on any atom is -0.756 e. The minimum atomic E-state index is -4.63. The Hall–Kier alpha value is -1.77. The van der Waals surface area contributed by atoms with Crippen molar-refractivity contribution in [3.05, 3.63) is 36.5 Å². The molecule has 2 atom stereocenters. The van der Waals surface area contributed by atoms with Gasteiger partial charge in [0.1, 0.15) is 19.8 Å². The summed E-state index contributed by atoms with van der Waals surface area (Å²) in [6.07, 6.45) is 43.0. The molecule has 0 N–H and O–H groups in total. The van der Waals surface area contributed by atoms with Crippen LogP contribution in [0.1, 0.15) is 194 Å². The number of nitrogens with zero attached hydrogens (tertiary/aromatic N) is 1. The number of unbranched alkanes of at least 4 members (excludes halogenated alkanes) is 21. The third-order valence-corrected chi connectivity index (χ3v) is 10.6. The fourth-order valence-corrected chi connectivity index (χ4v) is 6.76. The molecule has 0 heterocycles. The van der Waals surface area contributed by atoms with Crippen LogP contribution in [-0.4, -0.2) is 70.0 Å². The smallest absolute Gasteiger partial charge is 0.306 e. The Bertz CT molecular complexity index is 1050. The van der Waals surface area contributed by atoms with Gasteiger partial charge in [-0.15, -0.1) is 0 Å². The zero-order valence-electron chi connectivity index (χ0n) is 36.8. The minimum absolute atomic E-state index is 0.0331. The molecule has 0 spiro atoms. The topological polar surface area (TPSA) is 111 Å². The highest BCUT2D eigenvalue weighted by molar-refractivity contribution is 7.45. The lowest BCUT2D eigenvalue weighted by Crippen LogP contribution is -2.37. The predicted molar refractivity (Wildman–Crippen MR) is 231 cm³/mol. The van der Waals surface area contributed by atoms with E-state index in [9.17, 15) is 19.0 Å². The van der Waals surface area contributed by atoms with Crippen LogP contribution < -0.4 is 4.89 Å². The number of likely N-dealkylation sites (N-methyl/N-ethyl adjacent to an activating group) is 1. The summed E-state index contributed by atoms with van der Waals surface area (Å²) < 4.78 is 33.9. The maximum absolute atomic E-state index is 12.7. The Morgan fingerprint density at radius 3 is 1.46 bits per heavy atom. The normalized spacial score (nSPS) is 13.9. The Morgan fingerprint density at radius 1 is 0.554 bits per heavy atom. The molecular weight excluding hydrogens is 725 g/mol. The number of carbonyl (C=O) groups is 2. The van der Waals surface area contributed by atoms with Crippen molar-refractivity contribution in [3.63, 3.8) is 0 Å². The summed E-state index contributed by atoms with van der Waals surface area (Å²) in [6.45, 7) is 4.18. The van der Waals surface area contributed by atoms with Gasteiger partial charge in [0, 0.05) is 12.8 Å². The van der Waals surface area contributed by atoms with Gasteiger partial charge in [0.15, 0.2) is 6.10 Å². The van der Waals surface area contributed by atoms with E-state index in [1.54, 1.807) is 0 Å². The van der Waals surface area contributed by atoms with Crippen LogP contribution in [0.25, 0.3) is 0 Å². The van der Waals surface area contributed by atoms with Gasteiger partial charge in [0.2, 0.25) is 0 Å². The van der Waals surface area contributed by atoms with Crippen molar-refractivity contribution in [2.45, 2.75) is 200 Å². The Labute approximate surface area is 344 Å². The summed E-state index contributed by atoms with van der Waals surface area (Å²) in [5.41, 5.74) is 0. The van der Waals surface area contributed by atoms with Crippen molar-refractivity contribution in [3.8, 4) is 0 Å². The molecule has 0 amide bonds. The molecule has 0 fully saturated rings. The second-order valence-corrected chi connectivity index (χ2v) is 17.8. The number of carbonyl (C=O) groups excluding carboxylic acids is 2. The highest BCUT2D eigenvalue weighted by Gasteiger charge is 2.21. The molecule has 0 aliphatic heterocycles. The summed E-state index contributed by atoms with van der Waals surface area (Å²) >= 11 is 0. The van der Waals surface area contributed by atoms with Gasteiger partial charge in [-0.3, -0.25) is 14.2 Å². The Morgan fingerprint density at radius 2 is 0.964 bits per heavy atom. The number of phosphoric ester groups is 1. The van der Waals surface area contributed by atoms with Gasteiger partial charge in [0.25, 0.3) is 7.82 Å². The summed E-state index contributed by atoms with van der Waals surface area (Å²) in [7, 11) is 1.16. The highest BCUT2D eigenvalue weighted by Crippen LogP contribution is 2.38. The molecule has 0 aromatic carbocycles. The van der Waals surface area contributed by atoms with Crippen molar-refractivity contribution in [1.29, 1.82) is 0 Å². The quantitative estimate of drug-likeness (QED) is 0.0197. The number of rotatable bonds is 41. The molecule has 10 heteroatoms. The van der Waals surface area contributed by atoms with Gasteiger partial charge in [-0.25, -0.2) is 0 Å². The molecule has 56 heavy (non-hydrogen) atoms. The van der Waals surface area contributed by atoms with Crippen LogP contribution in [0.4, 0.5) is 0 Å². The molecule has 0 aliphatic carbocycles. The third kappa shape index (κ3) is 41.9. The number of ether oxygens (including phenoxy) is 2. The lowest BCUT2D eigenvalue weighted by Gasteiger charge is -2.28. The standard InChI is InChI=1S/C46H86NO8P/c1-6-8-10-12-14-16-18-20-22-23-25-26-28-30-32-34-36-38-45(48)52-42-44(43-54-56(50,51)53-41-40-47(3,4)5)55-46(49)39-37-35-33-31-29-27-24-21-19-17-15-13-11-9-7-2/h14,16-17,19-20,22,44H,6-13,15,18,21,23-43H2,1-5H3/b16-14+,19-17+,22-20+/t44-/m1/s1. The summed E-state index contributed by atoms with van der Waals surface area (Å²) in [5.74, 6) is -0.847. The second kappa shape index (κ2) is 38.7. The molecule has 0 radical (unpaired) electrons. The zero-order chi connectivity index (χ0) is 41.4. The van der Waals surface area contributed by atoms with E-state index < -0.39 is 32.5 Å². The van der Waals surface area contributed by atoms with Gasteiger partial charge in [0.05, 0.1) is 27.7 Å². The van der Waals surface area contributed by atoms with Gasteiger partial charge < -0.3 is 27.9 Å². The van der Waals surface area contributed by atoms with E-state index in [0.29, 0.717) is 17.4 Å². The number of phosphoric acid groups is 1. The molecule has 0 bridgehead atoms. The van der Waals surface area contributed by atoms with Gasteiger partial charge in [-0.2, -0.15) is 0 Å². The first-order chi connectivity index (χ1) is 27.0. The Kier molecular flexibility index (Phi) is 37.5. The highest BCUT2D eigenvalue weighted by atomic mass is 31.2. The SMILES string of the molecule is CCCCC/C=C/C/C=C/CCCCCCCCCC(=O)OC[C@H](COP(=O)([O-])OCC[N+](C)(C)C)OC(=O)CCCCCCCCC/C=C/CCCCCC. The number of allylic oxidation sites excluding steroid dienone is 6. The lowest BCUT2D eigenvalue weighted by atomic mass is 10.1. The average Bonchev–Trinajstić information content (AvgIpc) is 3.15. The first-order valence-corrected chi connectivity index (χ1v) is 24.2. The van der Waals surface area contributed by atoms with Crippen LogP contribution in [-0.2, 0) is 32.7 Å². The molecular formula is C46H86NO8P. The number of hydrogen-bond acceptors (Lipinski definition) is 8. The van der Waals surface area contributed by atoms with Crippen LogP contribution in [0.2, 0.25) is 0 Å². The summed E-state index contributed by atoms with van der Waals surface area (Å²) in [5, 5.41) is 0. The van der Waals surface area contributed by atoms with Gasteiger partial charge in [-0.1, -0.05) is 147 Å². The molecule has 0 saturated heterocycles. The zero-order valence-corrected chi connectivity index (χ0v) is 37.7. The van der Waals surface area contributed by atoms with E-state index in [1.807, 2.05) is 21.1 Å². The van der Waals surface area contributed by atoms with E-state index in [1.165, 1.54) is 96.3 Å². The van der Waals surface area contributed by atoms with Crippen LogP contribution in [0.3, 0.4) is 0 Å². The molecule has 328 valence electrons. The monoisotopic (exact) mass is 812 g/mol. The maximum atomic E-state index is 12.7. The molecule has 0 saturated carbocycles. The first kappa shape index (κ1) is 54.2. The largest absolute Gasteiger partial charge is 0.756 e. The molecule has 0 aromatic rings. The van der Waals surface area contributed by atoms with Crippen LogP contribution in [0.5, 0.6) is 0 Å². The van der Waals surface area contributed by atoms with Crippen molar-refractivity contribution in [2.24, 2.45) is 0 Å². The van der Waals surface area contributed by atoms with E-state index in [4.69, 9.17) is 18.5 Å². The number of quaternary nitrogens is 1. The number of esters is 2. The fourth-order valence-electron chi connectivity index (χ4n) is 6.03. The van der Waals surface area contributed by atoms with Crippen molar-refractivity contribution >= 4 is 19.8 Å². The maximum Gasteiger partial charge on any atom is 0.306 e. The fraction of sp³-hybridized carbons (Fsp3) is 0.826. The van der Waals surface area contributed by atoms with Crippen molar-refractivity contribution < 1.29 is 42.1 Å². The van der Waals surface area contributed by atoms with E-state index in [2.05, 4.69) is 50.3 Å². The average molecular weight is 812 g/mol. The number of hydrogen-bond donors (Lipinski definition) is 0. The summed E-state index contributed by atoms with van der Waals surface area (Å²) in [6, 6.07) is 0. The first-order valence-electron chi connectivity index (χ1n) is 22.7. The van der Waals surface area contributed by atoms with E-state index in [-0.39, 0.29) is 26.1 Å². The predicted octanol–water partition coefficient (Wildman–Crippen LogP) is 12.3. The van der Waals surface area contributed by atoms with Crippen LogP contribution in [0.15, 0.2) is 36.5 Å². The molecule has 0 aromatic heterocycles.